The van der Waals surface area contributed by atoms with E-state index in [0.29, 0.717) is 17.8 Å². The zero-order valence-electron chi connectivity index (χ0n) is 10.8. The van der Waals surface area contributed by atoms with E-state index in [1.165, 1.54) is 6.07 Å². The number of rotatable bonds is 3. The third kappa shape index (κ3) is 2.28. The first-order chi connectivity index (χ1) is 9.75. The molecule has 2 aromatic carbocycles. The van der Waals surface area contributed by atoms with Crippen LogP contribution in [0.3, 0.4) is 0 Å². The van der Waals surface area contributed by atoms with Crippen molar-refractivity contribution in [1.29, 1.82) is 0 Å². The van der Waals surface area contributed by atoms with Crippen molar-refractivity contribution in [2.75, 3.05) is 11.1 Å². The van der Waals surface area contributed by atoms with Crippen LogP contribution in [0.4, 0.5) is 15.8 Å². The summed E-state index contributed by atoms with van der Waals surface area (Å²) in [5.74, 6) is -0.221. The Morgan fingerprint density at radius 3 is 2.75 bits per heavy atom. The number of nitrogen functional groups attached to an aromatic ring is 1. The topological polar surface area (TPSA) is 50.9 Å². The largest absolute Gasteiger partial charge is 0.397 e. The van der Waals surface area contributed by atoms with Gasteiger partial charge in [-0.3, -0.25) is 4.98 Å². The molecular weight excluding hydrogens is 253 g/mol. The molecule has 0 amide bonds. The Labute approximate surface area is 116 Å². The Morgan fingerprint density at radius 1 is 1.05 bits per heavy atom. The van der Waals surface area contributed by atoms with Crippen molar-refractivity contribution in [2.45, 2.75) is 6.54 Å². The summed E-state index contributed by atoms with van der Waals surface area (Å²) in [6, 6.07) is 14.2. The van der Waals surface area contributed by atoms with Crippen molar-refractivity contribution in [3.8, 4) is 0 Å². The number of fused-ring (bicyclic) bond motifs is 1. The zero-order chi connectivity index (χ0) is 13.9. The second kappa shape index (κ2) is 5.17. The Bertz CT molecular complexity index is 756. The van der Waals surface area contributed by atoms with Crippen LogP contribution in [-0.2, 0) is 6.54 Å². The molecule has 0 aliphatic rings. The number of anilines is 2. The number of nitrogens with zero attached hydrogens (tertiary/aromatic N) is 1. The van der Waals surface area contributed by atoms with E-state index in [2.05, 4.69) is 10.3 Å². The van der Waals surface area contributed by atoms with Gasteiger partial charge in [0.05, 0.1) is 16.9 Å². The lowest BCUT2D eigenvalue weighted by atomic mass is 10.1. The molecule has 0 aliphatic carbocycles. The highest BCUT2D eigenvalue weighted by atomic mass is 19.1. The maximum atomic E-state index is 13.6. The molecule has 3 rings (SSSR count). The van der Waals surface area contributed by atoms with Crippen LogP contribution in [-0.4, -0.2) is 4.98 Å². The number of hydrogen-bond acceptors (Lipinski definition) is 3. The van der Waals surface area contributed by atoms with Crippen molar-refractivity contribution in [2.24, 2.45) is 0 Å². The molecule has 0 saturated carbocycles. The van der Waals surface area contributed by atoms with Gasteiger partial charge in [-0.2, -0.15) is 0 Å². The molecule has 0 fully saturated rings. The summed E-state index contributed by atoms with van der Waals surface area (Å²) < 4.78 is 13.6. The van der Waals surface area contributed by atoms with Gasteiger partial charge in [0.15, 0.2) is 0 Å². The lowest BCUT2D eigenvalue weighted by Crippen LogP contribution is -2.04. The van der Waals surface area contributed by atoms with Gasteiger partial charge in [-0.25, -0.2) is 4.39 Å². The normalized spacial score (nSPS) is 10.7. The molecule has 4 heteroatoms. The molecule has 3 aromatic rings. The van der Waals surface area contributed by atoms with Crippen molar-refractivity contribution in [3.05, 3.63) is 66.1 Å². The first kappa shape index (κ1) is 12.4. The summed E-state index contributed by atoms with van der Waals surface area (Å²) in [5.41, 5.74) is 9.00. The molecular formula is C16H14FN3. The van der Waals surface area contributed by atoms with Crippen molar-refractivity contribution < 1.29 is 4.39 Å². The Kier molecular flexibility index (Phi) is 3.21. The first-order valence-electron chi connectivity index (χ1n) is 6.36. The zero-order valence-corrected chi connectivity index (χ0v) is 10.8. The summed E-state index contributed by atoms with van der Waals surface area (Å²) in [7, 11) is 0. The third-order valence-corrected chi connectivity index (χ3v) is 3.25. The minimum atomic E-state index is -0.221. The smallest absolute Gasteiger partial charge is 0.128 e. The molecule has 0 saturated heterocycles. The maximum Gasteiger partial charge on any atom is 0.128 e. The Morgan fingerprint density at radius 2 is 1.90 bits per heavy atom. The molecule has 3 N–H and O–H groups in total. The molecule has 0 bridgehead atoms. The molecule has 1 aromatic heterocycles. The van der Waals surface area contributed by atoms with Crippen LogP contribution in [0.15, 0.2) is 54.7 Å². The monoisotopic (exact) mass is 267 g/mol. The van der Waals surface area contributed by atoms with Crippen molar-refractivity contribution in [3.63, 3.8) is 0 Å². The van der Waals surface area contributed by atoms with Gasteiger partial charge in [0.1, 0.15) is 5.82 Å². The minimum Gasteiger partial charge on any atom is -0.397 e. The number of aromatic nitrogens is 1. The summed E-state index contributed by atoms with van der Waals surface area (Å²) in [6.07, 6.45) is 1.73. The number of hydrogen-bond donors (Lipinski definition) is 2. The Hall–Kier alpha value is -2.62. The quantitative estimate of drug-likeness (QED) is 0.713. The fraction of sp³-hybridized carbons (Fsp3) is 0.0625. The van der Waals surface area contributed by atoms with Crippen LogP contribution in [0.1, 0.15) is 5.56 Å². The number of nitrogens with two attached hydrogens (primary N) is 1. The summed E-state index contributed by atoms with van der Waals surface area (Å²) in [4.78, 5) is 4.25. The second-order valence-electron chi connectivity index (χ2n) is 4.54. The molecule has 0 spiro atoms. The van der Waals surface area contributed by atoms with Crippen molar-refractivity contribution >= 4 is 22.3 Å². The highest BCUT2D eigenvalue weighted by Crippen LogP contribution is 2.27. The SMILES string of the molecule is Nc1c(NCc2ccccc2F)ccc2ncccc12. The summed E-state index contributed by atoms with van der Waals surface area (Å²) in [6.45, 7) is 0.392. The van der Waals surface area contributed by atoms with Gasteiger partial charge in [-0.15, -0.1) is 0 Å². The lowest BCUT2D eigenvalue weighted by Gasteiger charge is -2.11. The third-order valence-electron chi connectivity index (χ3n) is 3.25. The van der Waals surface area contributed by atoms with E-state index in [0.717, 1.165) is 16.6 Å². The standard InChI is InChI=1S/C16H14FN3/c17-13-6-2-1-4-11(13)10-20-15-8-7-14-12(16(15)18)5-3-9-19-14/h1-9,20H,10,18H2. The lowest BCUT2D eigenvalue weighted by molar-refractivity contribution is 0.613. The maximum absolute atomic E-state index is 13.6. The fourth-order valence-corrected chi connectivity index (χ4v) is 2.16. The average Bonchev–Trinajstić information content (AvgIpc) is 2.48. The van der Waals surface area contributed by atoms with Crippen LogP contribution < -0.4 is 11.1 Å². The van der Waals surface area contributed by atoms with E-state index in [4.69, 9.17) is 5.73 Å². The van der Waals surface area contributed by atoms with E-state index in [1.807, 2.05) is 30.3 Å². The van der Waals surface area contributed by atoms with Gasteiger partial charge in [0.2, 0.25) is 0 Å². The van der Waals surface area contributed by atoms with Crippen LogP contribution in [0.5, 0.6) is 0 Å². The van der Waals surface area contributed by atoms with E-state index in [1.54, 1.807) is 18.3 Å². The van der Waals surface area contributed by atoms with Gasteiger partial charge < -0.3 is 11.1 Å². The van der Waals surface area contributed by atoms with Crippen LogP contribution in [0, 0.1) is 5.82 Å². The van der Waals surface area contributed by atoms with Crippen LogP contribution in [0.25, 0.3) is 10.9 Å². The predicted octanol–water partition coefficient (Wildman–Crippen LogP) is 3.57. The molecule has 0 aliphatic heterocycles. The van der Waals surface area contributed by atoms with Gasteiger partial charge in [-0.1, -0.05) is 18.2 Å². The molecule has 1 heterocycles. The average molecular weight is 267 g/mol. The fourth-order valence-electron chi connectivity index (χ4n) is 2.16. The molecule has 0 radical (unpaired) electrons. The summed E-state index contributed by atoms with van der Waals surface area (Å²) >= 11 is 0. The highest BCUT2D eigenvalue weighted by molar-refractivity contribution is 5.96. The van der Waals surface area contributed by atoms with Gasteiger partial charge in [0.25, 0.3) is 0 Å². The minimum absolute atomic E-state index is 0.221. The van der Waals surface area contributed by atoms with Gasteiger partial charge in [-0.05, 0) is 30.3 Å². The molecule has 0 unspecified atom stereocenters. The van der Waals surface area contributed by atoms with Crippen LogP contribution in [0.2, 0.25) is 0 Å². The molecule has 20 heavy (non-hydrogen) atoms. The van der Waals surface area contributed by atoms with E-state index in [9.17, 15) is 4.39 Å². The molecule has 100 valence electrons. The Balaban J connectivity index is 1.88. The summed E-state index contributed by atoms with van der Waals surface area (Å²) in [5, 5.41) is 4.06. The molecule has 0 atom stereocenters. The first-order valence-corrected chi connectivity index (χ1v) is 6.36. The predicted molar refractivity (Wildman–Crippen MR) is 79.9 cm³/mol. The van der Waals surface area contributed by atoms with E-state index in [-0.39, 0.29) is 5.82 Å². The molecule has 3 nitrogen and oxygen atoms in total. The number of pyridine rings is 1. The highest BCUT2D eigenvalue weighted by Gasteiger charge is 2.06. The van der Waals surface area contributed by atoms with Crippen molar-refractivity contribution in [1.82, 2.24) is 4.98 Å². The van der Waals surface area contributed by atoms with Gasteiger partial charge in [0, 0.05) is 23.7 Å². The van der Waals surface area contributed by atoms with Crippen LogP contribution >= 0.6 is 0 Å². The van der Waals surface area contributed by atoms with Gasteiger partial charge >= 0.3 is 0 Å². The number of nitrogens with one attached hydrogen (secondary N) is 1. The van der Waals surface area contributed by atoms with E-state index >= 15 is 0 Å². The number of benzene rings is 2. The number of halogens is 1. The van der Waals surface area contributed by atoms with E-state index < -0.39 is 0 Å². The second-order valence-corrected chi connectivity index (χ2v) is 4.54.